The molecule has 1 amide bonds. The van der Waals surface area contributed by atoms with Gasteiger partial charge in [-0.15, -0.1) is 11.8 Å². The normalized spacial score (nSPS) is 13.4. The van der Waals surface area contributed by atoms with Crippen LogP contribution in [0.3, 0.4) is 0 Å². The number of nitrogens with zero attached hydrogens (tertiary/aromatic N) is 2. The van der Waals surface area contributed by atoms with Crippen molar-refractivity contribution in [3.8, 4) is 0 Å². The second-order valence-corrected chi connectivity index (χ2v) is 6.68. The largest absolute Gasteiger partial charge is 0.397 e. The third-order valence-corrected chi connectivity index (χ3v) is 4.45. The van der Waals surface area contributed by atoms with Gasteiger partial charge in [0, 0.05) is 18.8 Å². The van der Waals surface area contributed by atoms with E-state index in [4.69, 9.17) is 17.0 Å². The topological polar surface area (TPSA) is 73.7 Å². The smallest absolute Gasteiger partial charge is 0.305 e. The fourth-order valence-electron chi connectivity index (χ4n) is 1.89. The number of aromatic nitrogens is 1. The molecular weight excluding hydrogens is 377 g/mol. The van der Waals surface area contributed by atoms with Gasteiger partial charge < -0.3 is 4.90 Å². The lowest BCUT2D eigenvalue weighted by Gasteiger charge is -2.25. The second-order valence-electron chi connectivity index (χ2n) is 4.97. The van der Waals surface area contributed by atoms with E-state index in [1.807, 2.05) is 0 Å². The summed E-state index contributed by atoms with van der Waals surface area (Å²) in [7, 11) is 0. The molecule has 1 aromatic heterocycles. The summed E-state index contributed by atoms with van der Waals surface area (Å²) in [6.07, 6.45) is 0.329. The molecule has 1 unspecified atom stereocenters. The molecule has 1 heterocycles. The lowest BCUT2D eigenvalue weighted by molar-refractivity contribution is -0.497. The SMILES string of the molecule is CCN(C(=O)C(C)SCC(F)(F)F)C(=C[NH2+]c1cccnc1)C(=N)Cl. The van der Waals surface area contributed by atoms with Gasteiger partial charge in [0.05, 0.1) is 17.2 Å². The molecule has 0 aromatic carbocycles. The number of hydrogen-bond donors (Lipinski definition) is 2. The summed E-state index contributed by atoms with van der Waals surface area (Å²) < 4.78 is 37.0. The molecule has 0 saturated heterocycles. The van der Waals surface area contributed by atoms with Crippen LogP contribution in [-0.2, 0) is 4.79 Å². The molecule has 0 aliphatic rings. The van der Waals surface area contributed by atoms with Crippen molar-refractivity contribution in [1.82, 2.24) is 9.88 Å². The van der Waals surface area contributed by atoms with Crippen molar-refractivity contribution in [2.24, 2.45) is 0 Å². The molecule has 25 heavy (non-hydrogen) atoms. The molecule has 0 saturated carbocycles. The zero-order valence-corrected chi connectivity index (χ0v) is 15.3. The van der Waals surface area contributed by atoms with Gasteiger partial charge in [0.2, 0.25) is 5.91 Å². The quantitative estimate of drug-likeness (QED) is 0.665. The highest BCUT2D eigenvalue weighted by molar-refractivity contribution is 8.00. The van der Waals surface area contributed by atoms with Crippen LogP contribution in [0.1, 0.15) is 13.8 Å². The first-order valence-corrected chi connectivity index (χ1v) is 8.77. The van der Waals surface area contributed by atoms with Crippen LogP contribution < -0.4 is 5.32 Å². The number of nitrogens with one attached hydrogen (secondary N) is 1. The van der Waals surface area contributed by atoms with Gasteiger partial charge in [-0.3, -0.25) is 20.5 Å². The molecule has 0 fully saturated rings. The zero-order valence-electron chi connectivity index (χ0n) is 13.7. The minimum Gasteiger partial charge on any atom is -0.305 e. The number of carbonyl (C=O) groups is 1. The molecule has 10 heteroatoms. The molecule has 1 aromatic rings. The Hall–Kier alpha value is -1.58. The second kappa shape index (κ2) is 9.79. The number of thioether (sulfide) groups is 1. The van der Waals surface area contributed by atoms with Crippen molar-refractivity contribution in [1.29, 1.82) is 5.41 Å². The predicted octanol–water partition coefficient (Wildman–Crippen LogP) is 2.87. The Bertz CT molecular complexity index is 625. The first-order chi connectivity index (χ1) is 11.7. The van der Waals surface area contributed by atoms with Gasteiger partial charge in [-0.2, -0.15) is 13.2 Å². The highest BCUT2D eigenvalue weighted by atomic mass is 35.5. The molecule has 0 aliphatic heterocycles. The van der Waals surface area contributed by atoms with E-state index in [0.717, 1.165) is 5.69 Å². The van der Waals surface area contributed by atoms with E-state index in [2.05, 4.69) is 4.98 Å². The lowest BCUT2D eigenvalue weighted by atomic mass is 10.3. The number of halogens is 4. The van der Waals surface area contributed by atoms with E-state index in [9.17, 15) is 18.0 Å². The van der Waals surface area contributed by atoms with Crippen LogP contribution in [0.5, 0.6) is 0 Å². The van der Waals surface area contributed by atoms with E-state index < -0.39 is 23.1 Å². The Morgan fingerprint density at radius 2 is 2.24 bits per heavy atom. The molecule has 1 rings (SSSR count). The fourth-order valence-corrected chi connectivity index (χ4v) is 2.76. The molecule has 0 aliphatic carbocycles. The summed E-state index contributed by atoms with van der Waals surface area (Å²) in [6.45, 7) is 3.25. The summed E-state index contributed by atoms with van der Waals surface area (Å²) >= 11 is 6.28. The number of amides is 1. The Morgan fingerprint density at radius 3 is 2.72 bits per heavy atom. The average Bonchev–Trinajstić information content (AvgIpc) is 2.55. The zero-order chi connectivity index (χ0) is 19.0. The van der Waals surface area contributed by atoms with Crippen molar-refractivity contribution >= 4 is 40.1 Å². The third kappa shape index (κ3) is 7.45. The monoisotopic (exact) mass is 395 g/mol. The molecule has 5 nitrogen and oxygen atoms in total. The molecule has 0 spiro atoms. The molecule has 0 radical (unpaired) electrons. The van der Waals surface area contributed by atoms with Crippen LogP contribution in [0.25, 0.3) is 0 Å². The van der Waals surface area contributed by atoms with Crippen molar-refractivity contribution in [3.05, 3.63) is 36.4 Å². The van der Waals surface area contributed by atoms with Crippen LogP contribution in [0.15, 0.2) is 36.4 Å². The number of nitrogens with two attached hydrogens (primary N) is 1. The van der Waals surface area contributed by atoms with Crippen molar-refractivity contribution < 1.29 is 23.3 Å². The maximum Gasteiger partial charge on any atom is 0.397 e. The predicted molar refractivity (Wildman–Crippen MR) is 92.8 cm³/mol. The maximum absolute atomic E-state index is 12.5. The number of carbonyl (C=O) groups excluding carboxylic acids is 1. The molecule has 138 valence electrons. The number of alkyl halides is 3. The summed E-state index contributed by atoms with van der Waals surface area (Å²) in [5.41, 5.74) is 0.860. The molecule has 3 N–H and O–H groups in total. The number of pyridine rings is 1. The molecular formula is C15H19ClF3N4OS+. The highest BCUT2D eigenvalue weighted by Gasteiger charge is 2.32. The highest BCUT2D eigenvalue weighted by Crippen LogP contribution is 2.25. The summed E-state index contributed by atoms with van der Waals surface area (Å²) in [5, 5.41) is 8.01. The van der Waals surface area contributed by atoms with Gasteiger partial charge >= 0.3 is 6.18 Å². The Balaban J connectivity index is 2.90. The van der Waals surface area contributed by atoms with Gasteiger partial charge in [-0.25, -0.2) is 0 Å². The summed E-state index contributed by atoms with van der Waals surface area (Å²) in [4.78, 5) is 17.6. The van der Waals surface area contributed by atoms with Crippen LogP contribution in [-0.4, -0.2) is 44.7 Å². The maximum atomic E-state index is 12.5. The fraction of sp³-hybridized carbons (Fsp3) is 0.400. The van der Waals surface area contributed by atoms with Gasteiger partial charge in [-0.1, -0.05) is 11.6 Å². The number of allylic oxidation sites excluding steroid dienone is 1. The lowest BCUT2D eigenvalue weighted by Crippen LogP contribution is -2.72. The third-order valence-electron chi connectivity index (χ3n) is 3.06. The van der Waals surface area contributed by atoms with Crippen molar-refractivity contribution in [3.63, 3.8) is 0 Å². The van der Waals surface area contributed by atoms with Crippen LogP contribution >= 0.6 is 23.4 Å². The minimum absolute atomic E-state index is 0.123. The standard InChI is InChI=1S/C15H18ClF3N4OS/c1-3-23(14(24)10(2)25-9-15(17,18)19)12(13(16)20)8-22-11-5-4-6-21-7-11/h4-8,10,20,22H,3,9H2,1-2H3/p+1. The van der Waals surface area contributed by atoms with E-state index >= 15 is 0 Å². The first kappa shape index (κ1) is 21.5. The number of quaternary nitrogens is 1. The van der Waals surface area contributed by atoms with Gasteiger partial charge in [0.25, 0.3) is 0 Å². The Kier molecular flexibility index (Phi) is 8.40. The van der Waals surface area contributed by atoms with E-state index in [-0.39, 0.29) is 17.4 Å². The van der Waals surface area contributed by atoms with Crippen molar-refractivity contribution in [2.45, 2.75) is 25.3 Å². The Morgan fingerprint density at radius 1 is 1.56 bits per heavy atom. The van der Waals surface area contributed by atoms with Gasteiger partial charge in [0.1, 0.15) is 17.1 Å². The van der Waals surface area contributed by atoms with Crippen LogP contribution in [0.2, 0.25) is 0 Å². The van der Waals surface area contributed by atoms with Gasteiger partial charge in [-0.05, 0) is 19.9 Å². The first-order valence-electron chi connectivity index (χ1n) is 7.35. The molecule has 0 bridgehead atoms. The summed E-state index contributed by atoms with van der Waals surface area (Å²) in [5.74, 6) is -1.65. The summed E-state index contributed by atoms with van der Waals surface area (Å²) in [6, 6.07) is 3.50. The molecule has 1 atom stereocenters. The van der Waals surface area contributed by atoms with Gasteiger partial charge in [0.15, 0.2) is 5.69 Å². The van der Waals surface area contributed by atoms with Crippen LogP contribution in [0.4, 0.5) is 18.9 Å². The minimum atomic E-state index is -4.35. The van der Waals surface area contributed by atoms with Crippen molar-refractivity contribution in [2.75, 3.05) is 12.3 Å². The number of hydrogen-bond acceptors (Lipinski definition) is 4. The van der Waals surface area contributed by atoms with Crippen LogP contribution in [0, 0.1) is 5.41 Å². The average molecular weight is 396 g/mol. The van der Waals surface area contributed by atoms with E-state index in [0.29, 0.717) is 11.8 Å². The number of rotatable bonds is 8. The van der Waals surface area contributed by atoms with E-state index in [1.165, 1.54) is 18.0 Å². The Labute approximate surface area is 153 Å². The van der Waals surface area contributed by atoms with E-state index in [1.54, 1.807) is 36.8 Å².